The van der Waals surface area contributed by atoms with Gasteiger partial charge in [-0.3, -0.25) is 0 Å². The van der Waals surface area contributed by atoms with E-state index in [-0.39, 0.29) is 11.8 Å². The highest BCUT2D eigenvalue weighted by molar-refractivity contribution is 6.13. The lowest BCUT2D eigenvalue weighted by molar-refractivity contribution is 0.497. The molecule has 2 heteroatoms. The van der Waals surface area contributed by atoms with Crippen LogP contribution in [0.5, 0.6) is 0 Å². The Bertz CT molecular complexity index is 3000. The summed E-state index contributed by atoms with van der Waals surface area (Å²) in [6.07, 6.45) is 11.3. The molecule has 2 nitrogen and oxygen atoms in total. The van der Waals surface area contributed by atoms with Gasteiger partial charge in [0.15, 0.2) is 0 Å². The standard InChI is InChI=1S/C54H37NO/c1-3-14-36(15-4-1)51-35-52-49-25-13-24-44(53(49)56-54(52)48-23-12-11-22-47(48)51)37-26-30-41(31-27-37)55(40-17-5-2-6-18-40)42-32-28-38(29-33-42)50-34-39-16-7-8-19-43(39)45-20-9-10-21-46(45)50/h1-35,47-48H. The molecule has 1 aromatic heterocycles. The quantitative estimate of drug-likeness (QED) is 0.159. The molecule has 2 aliphatic carbocycles. The Morgan fingerprint density at radius 1 is 0.411 bits per heavy atom. The molecule has 0 radical (unpaired) electrons. The van der Waals surface area contributed by atoms with Gasteiger partial charge in [0.25, 0.3) is 0 Å². The van der Waals surface area contributed by atoms with Gasteiger partial charge in [-0.15, -0.1) is 0 Å². The number of hydrogen-bond donors (Lipinski definition) is 0. The molecule has 2 aliphatic rings. The van der Waals surface area contributed by atoms with E-state index in [1.165, 1.54) is 49.4 Å². The highest BCUT2D eigenvalue weighted by Gasteiger charge is 2.34. The first-order valence-electron chi connectivity index (χ1n) is 19.4. The van der Waals surface area contributed by atoms with Crippen molar-refractivity contribution >= 4 is 61.2 Å². The topological polar surface area (TPSA) is 16.4 Å². The number of nitrogens with zero attached hydrogens (tertiary/aromatic N) is 1. The number of anilines is 3. The first-order valence-corrected chi connectivity index (χ1v) is 19.4. The van der Waals surface area contributed by atoms with Gasteiger partial charge in [0.1, 0.15) is 11.3 Å². The largest absolute Gasteiger partial charge is 0.459 e. The Morgan fingerprint density at radius 2 is 0.982 bits per heavy atom. The third kappa shape index (κ3) is 5.33. The molecule has 9 aromatic rings. The Labute approximate surface area is 326 Å². The summed E-state index contributed by atoms with van der Waals surface area (Å²) in [4.78, 5) is 2.33. The maximum Gasteiger partial charge on any atom is 0.142 e. The van der Waals surface area contributed by atoms with Crippen molar-refractivity contribution in [3.63, 3.8) is 0 Å². The van der Waals surface area contributed by atoms with Gasteiger partial charge >= 0.3 is 0 Å². The molecule has 56 heavy (non-hydrogen) atoms. The highest BCUT2D eigenvalue weighted by atomic mass is 16.3. The summed E-state index contributed by atoms with van der Waals surface area (Å²) in [7, 11) is 0. The summed E-state index contributed by atoms with van der Waals surface area (Å²) in [5.74, 6) is 1.44. The third-order valence-electron chi connectivity index (χ3n) is 11.6. The van der Waals surface area contributed by atoms with Crippen molar-refractivity contribution in [1.29, 1.82) is 0 Å². The molecule has 11 rings (SSSR count). The van der Waals surface area contributed by atoms with Crippen LogP contribution in [0.2, 0.25) is 0 Å². The third-order valence-corrected chi connectivity index (χ3v) is 11.6. The Hall–Kier alpha value is -7.16. The van der Waals surface area contributed by atoms with E-state index in [9.17, 15) is 0 Å². The zero-order chi connectivity index (χ0) is 37.0. The lowest BCUT2D eigenvalue weighted by Crippen LogP contribution is -2.16. The molecular weight excluding hydrogens is 679 g/mol. The molecule has 0 aliphatic heterocycles. The SMILES string of the molecule is C1=CC2C(c3ccccc3)=Cc3c(oc4c(-c5ccc(N(c6ccccc6)c6ccc(-c7cc8ccccc8c8ccccc78)cc6)cc5)cccc34)C2C=C1. The molecule has 0 N–H and O–H groups in total. The minimum Gasteiger partial charge on any atom is -0.459 e. The van der Waals surface area contributed by atoms with Gasteiger partial charge in [0.05, 0.1) is 0 Å². The molecule has 0 saturated heterocycles. The van der Waals surface area contributed by atoms with Crippen LogP contribution in [-0.4, -0.2) is 0 Å². The minimum absolute atomic E-state index is 0.156. The van der Waals surface area contributed by atoms with E-state index >= 15 is 0 Å². The summed E-state index contributed by atoms with van der Waals surface area (Å²) in [5, 5.41) is 6.23. The Morgan fingerprint density at radius 3 is 1.71 bits per heavy atom. The van der Waals surface area contributed by atoms with E-state index in [2.05, 4.69) is 217 Å². The first-order chi connectivity index (χ1) is 27.8. The molecule has 0 bridgehead atoms. The van der Waals surface area contributed by atoms with E-state index in [1.807, 2.05) is 0 Å². The first kappa shape index (κ1) is 32.3. The lowest BCUT2D eigenvalue weighted by atomic mass is 9.73. The van der Waals surface area contributed by atoms with Gasteiger partial charge in [-0.05, 0) is 97.9 Å². The van der Waals surface area contributed by atoms with Gasteiger partial charge in [-0.25, -0.2) is 0 Å². The zero-order valence-electron chi connectivity index (χ0n) is 30.7. The van der Waals surface area contributed by atoms with Crippen molar-refractivity contribution in [2.75, 3.05) is 4.90 Å². The molecule has 264 valence electrons. The molecule has 8 aromatic carbocycles. The van der Waals surface area contributed by atoms with E-state index in [0.29, 0.717) is 0 Å². The van der Waals surface area contributed by atoms with Crippen LogP contribution < -0.4 is 4.90 Å². The molecule has 2 atom stereocenters. The van der Waals surface area contributed by atoms with E-state index < -0.39 is 0 Å². The number of benzene rings is 8. The number of rotatable bonds is 6. The van der Waals surface area contributed by atoms with Crippen molar-refractivity contribution < 1.29 is 4.42 Å². The van der Waals surface area contributed by atoms with Crippen LogP contribution in [0, 0.1) is 5.92 Å². The van der Waals surface area contributed by atoms with Gasteiger partial charge in [-0.1, -0.05) is 164 Å². The van der Waals surface area contributed by atoms with Crippen molar-refractivity contribution in [3.05, 3.63) is 223 Å². The second-order valence-electron chi connectivity index (χ2n) is 14.8. The van der Waals surface area contributed by atoms with Gasteiger partial charge in [0.2, 0.25) is 0 Å². The summed E-state index contributed by atoms with van der Waals surface area (Å²) in [6, 6.07) is 65.6. The van der Waals surface area contributed by atoms with Crippen LogP contribution in [0.3, 0.4) is 0 Å². The highest BCUT2D eigenvalue weighted by Crippen LogP contribution is 2.50. The summed E-state index contributed by atoms with van der Waals surface area (Å²) in [5.41, 5.74) is 12.7. The van der Waals surface area contributed by atoms with Crippen LogP contribution in [-0.2, 0) is 0 Å². The fourth-order valence-electron chi connectivity index (χ4n) is 8.99. The van der Waals surface area contributed by atoms with E-state index in [4.69, 9.17) is 4.42 Å². The predicted molar refractivity (Wildman–Crippen MR) is 236 cm³/mol. The summed E-state index contributed by atoms with van der Waals surface area (Å²) in [6.45, 7) is 0. The maximum absolute atomic E-state index is 6.90. The molecule has 0 saturated carbocycles. The number of hydrogen-bond acceptors (Lipinski definition) is 2. The van der Waals surface area contributed by atoms with Gasteiger partial charge < -0.3 is 9.32 Å². The minimum atomic E-state index is 0.156. The number of furan rings is 1. The summed E-state index contributed by atoms with van der Waals surface area (Å²) >= 11 is 0. The van der Waals surface area contributed by atoms with Crippen molar-refractivity contribution in [2.45, 2.75) is 5.92 Å². The second kappa shape index (κ2) is 13.3. The Balaban J connectivity index is 0.974. The number of fused-ring (bicyclic) bond motifs is 8. The monoisotopic (exact) mass is 715 g/mol. The maximum atomic E-state index is 6.90. The molecule has 2 unspecified atom stereocenters. The summed E-state index contributed by atoms with van der Waals surface area (Å²) < 4.78 is 6.90. The molecule has 0 amide bonds. The van der Waals surface area contributed by atoms with Crippen LogP contribution in [0.4, 0.5) is 17.1 Å². The van der Waals surface area contributed by atoms with E-state index in [1.54, 1.807) is 0 Å². The molecule has 0 fully saturated rings. The second-order valence-corrected chi connectivity index (χ2v) is 14.8. The van der Waals surface area contributed by atoms with Crippen molar-refractivity contribution in [2.24, 2.45) is 5.92 Å². The van der Waals surface area contributed by atoms with Crippen LogP contribution in [0.25, 0.3) is 66.4 Å². The lowest BCUT2D eigenvalue weighted by Gasteiger charge is -2.29. The molecule has 1 heterocycles. The van der Waals surface area contributed by atoms with Crippen LogP contribution in [0.15, 0.2) is 211 Å². The fourth-order valence-corrected chi connectivity index (χ4v) is 8.99. The fraction of sp³-hybridized carbons (Fsp3) is 0.0370. The smallest absolute Gasteiger partial charge is 0.142 e. The Kier molecular flexibility index (Phi) is 7.67. The van der Waals surface area contributed by atoms with Crippen LogP contribution >= 0.6 is 0 Å². The predicted octanol–water partition coefficient (Wildman–Crippen LogP) is 14.9. The van der Waals surface area contributed by atoms with Gasteiger partial charge in [0, 0.05) is 45.4 Å². The average molecular weight is 716 g/mol. The van der Waals surface area contributed by atoms with Gasteiger partial charge in [-0.2, -0.15) is 0 Å². The molecular formula is C54H37NO. The van der Waals surface area contributed by atoms with Crippen molar-refractivity contribution in [3.8, 4) is 22.3 Å². The number of allylic oxidation sites excluding steroid dienone is 5. The average Bonchev–Trinajstić information content (AvgIpc) is 3.66. The van der Waals surface area contributed by atoms with Crippen molar-refractivity contribution in [1.82, 2.24) is 0 Å². The normalized spacial score (nSPS) is 15.8. The number of para-hydroxylation sites is 2. The van der Waals surface area contributed by atoms with Crippen LogP contribution in [0.1, 0.15) is 22.8 Å². The molecule has 0 spiro atoms. The van der Waals surface area contributed by atoms with E-state index in [0.717, 1.165) is 44.9 Å². The zero-order valence-corrected chi connectivity index (χ0v) is 30.7.